The third kappa shape index (κ3) is 3.97. The molecule has 0 saturated heterocycles. The van der Waals surface area contributed by atoms with Crippen molar-refractivity contribution >= 4 is 0 Å². The molecule has 90 valence electrons. The summed E-state index contributed by atoms with van der Waals surface area (Å²) in [4.78, 5) is 0. The standard InChI is InChI=1S/C15H25N/c1-5-6-11-16-12-13-9-7-8-10-14(13)15(2,3)4/h7-10,16H,5-6,11-12H2,1-4H3. The van der Waals surface area contributed by atoms with E-state index < -0.39 is 0 Å². The predicted molar refractivity (Wildman–Crippen MR) is 71.8 cm³/mol. The molecule has 1 heteroatoms. The fourth-order valence-corrected chi connectivity index (χ4v) is 1.93. The topological polar surface area (TPSA) is 12.0 Å². The molecule has 1 nitrogen and oxygen atoms in total. The Morgan fingerprint density at radius 3 is 2.44 bits per heavy atom. The maximum Gasteiger partial charge on any atom is 0.0208 e. The van der Waals surface area contributed by atoms with E-state index in [2.05, 4.69) is 57.3 Å². The second-order valence-corrected chi connectivity index (χ2v) is 5.44. The first-order chi connectivity index (χ1) is 7.55. The van der Waals surface area contributed by atoms with Crippen molar-refractivity contribution in [1.82, 2.24) is 5.32 Å². The van der Waals surface area contributed by atoms with E-state index in [9.17, 15) is 0 Å². The SMILES string of the molecule is CCCCNCc1ccccc1C(C)(C)C. The molecule has 0 aliphatic carbocycles. The number of nitrogens with one attached hydrogen (secondary N) is 1. The highest BCUT2D eigenvalue weighted by Gasteiger charge is 2.16. The summed E-state index contributed by atoms with van der Waals surface area (Å²) in [6.45, 7) is 11.2. The number of hydrogen-bond donors (Lipinski definition) is 1. The van der Waals surface area contributed by atoms with Gasteiger partial charge in [-0.25, -0.2) is 0 Å². The Bertz CT molecular complexity index is 309. The molecule has 0 bridgehead atoms. The van der Waals surface area contributed by atoms with Crippen LogP contribution >= 0.6 is 0 Å². The molecule has 0 unspecified atom stereocenters. The van der Waals surface area contributed by atoms with Crippen LogP contribution in [0, 0.1) is 0 Å². The minimum Gasteiger partial charge on any atom is -0.313 e. The molecular weight excluding hydrogens is 194 g/mol. The van der Waals surface area contributed by atoms with Crippen molar-refractivity contribution in [3.05, 3.63) is 35.4 Å². The van der Waals surface area contributed by atoms with E-state index in [-0.39, 0.29) is 5.41 Å². The molecule has 0 radical (unpaired) electrons. The summed E-state index contributed by atoms with van der Waals surface area (Å²) < 4.78 is 0. The minimum absolute atomic E-state index is 0.239. The van der Waals surface area contributed by atoms with E-state index in [1.54, 1.807) is 0 Å². The summed E-state index contributed by atoms with van der Waals surface area (Å²) >= 11 is 0. The van der Waals surface area contributed by atoms with Crippen molar-refractivity contribution in [2.45, 2.75) is 52.5 Å². The van der Waals surface area contributed by atoms with Gasteiger partial charge in [-0.3, -0.25) is 0 Å². The number of hydrogen-bond acceptors (Lipinski definition) is 1. The summed E-state index contributed by atoms with van der Waals surface area (Å²) in [5.74, 6) is 0. The second-order valence-electron chi connectivity index (χ2n) is 5.44. The zero-order valence-electron chi connectivity index (χ0n) is 11.1. The zero-order chi connectivity index (χ0) is 12.0. The molecule has 0 fully saturated rings. The first kappa shape index (κ1) is 13.2. The van der Waals surface area contributed by atoms with Crippen LogP contribution in [0.25, 0.3) is 0 Å². The van der Waals surface area contributed by atoms with Gasteiger partial charge in [-0.1, -0.05) is 58.4 Å². The Morgan fingerprint density at radius 2 is 1.81 bits per heavy atom. The Kier molecular flexibility index (Phi) is 5.01. The molecule has 0 spiro atoms. The molecule has 1 N–H and O–H groups in total. The van der Waals surface area contributed by atoms with E-state index in [0.717, 1.165) is 13.1 Å². The number of benzene rings is 1. The van der Waals surface area contributed by atoms with Crippen LogP contribution < -0.4 is 5.32 Å². The van der Waals surface area contributed by atoms with Crippen LogP contribution in [0.1, 0.15) is 51.7 Å². The van der Waals surface area contributed by atoms with E-state index in [1.807, 2.05) is 0 Å². The van der Waals surface area contributed by atoms with Gasteiger partial charge in [-0.15, -0.1) is 0 Å². The molecular formula is C15H25N. The largest absolute Gasteiger partial charge is 0.313 e. The van der Waals surface area contributed by atoms with Gasteiger partial charge < -0.3 is 5.32 Å². The molecule has 0 amide bonds. The van der Waals surface area contributed by atoms with Gasteiger partial charge in [0.2, 0.25) is 0 Å². The van der Waals surface area contributed by atoms with Crippen molar-refractivity contribution < 1.29 is 0 Å². The fourth-order valence-electron chi connectivity index (χ4n) is 1.93. The maximum absolute atomic E-state index is 3.52. The number of unbranched alkanes of at least 4 members (excludes halogenated alkanes) is 1. The molecule has 0 saturated carbocycles. The van der Waals surface area contributed by atoms with E-state index in [1.165, 1.54) is 24.0 Å². The monoisotopic (exact) mass is 219 g/mol. The third-order valence-electron chi connectivity index (χ3n) is 2.85. The molecule has 0 aliphatic rings. The van der Waals surface area contributed by atoms with Crippen LogP contribution in [0.15, 0.2) is 24.3 Å². The van der Waals surface area contributed by atoms with Crippen LogP contribution in [0.4, 0.5) is 0 Å². The lowest BCUT2D eigenvalue weighted by Gasteiger charge is -2.23. The molecule has 0 aromatic heterocycles. The van der Waals surface area contributed by atoms with Gasteiger partial charge >= 0.3 is 0 Å². The van der Waals surface area contributed by atoms with Crippen molar-refractivity contribution in [1.29, 1.82) is 0 Å². The van der Waals surface area contributed by atoms with Crippen LogP contribution in [-0.4, -0.2) is 6.54 Å². The highest BCUT2D eigenvalue weighted by Crippen LogP contribution is 2.25. The average Bonchev–Trinajstić information content (AvgIpc) is 2.24. The molecule has 0 heterocycles. The molecule has 0 atom stereocenters. The minimum atomic E-state index is 0.239. The maximum atomic E-state index is 3.52. The van der Waals surface area contributed by atoms with Gasteiger partial charge in [0, 0.05) is 6.54 Å². The molecule has 1 aromatic rings. The Balaban J connectivity index is 2.65. The van der Waals surface area contributed by atoms with E-state index in [4.69, 9.17) is 0 Å². The normalized spacial score (nSPS) is 11.8. The second kappa shape index (κ2) is 6.05. The Hall–Kier alpha value is -0.820. The van der Waals surface area contributed by atoms with Crippen molar-refractivity contribution in [3.63, 3.8) is 0 Å². The van der Waals surface area contributed by atoms with Crippen molar-refractivity contribution in [3.8, 4) is 0 Å². The number of rotatable bonds is 5. The third-order valence-corrected chi connectivity index (χ3v) is 2.85. The van der Waals surface area contributed by atoms with Crippen molar-refractivity contribution in [2.24, 2.45) is 0 Å². The van der Waals surface area contributed by atoms with Gasteiger partial charge in [0.25, 0.3) is 0 Å². The Morgan fingerprint density at radius 1 is 1.12 bits per heavy atom. The zero-order valence-corrected chi connectivity index (χ0v) is 11.1. The van der Waals surface area contributed by atoms with E-state index >= 15 is 0 Å². The van der Waals surface area contributed by atoms with Gasteiger partial charge in [0.05, 0.1) is 0 Å². The van der Waals surface area contributed by atoms with Crippen molar-refractivity contribution in [2.75, 3.05) is 6.54 Å². The van der Waals surface area contributed by atoms with Gasteiger partial charge in [0.15, 0.2) is 0 Å². The summed E-state index contributed by atoms with van der Waals surface area (Å²) in [5.41, 5.74) is 3.13. The first-order valence-corrected chi connectivity index (χ1v) is 6.35. The van der Waals surface area contributed by atoms with Crippen LogP contribution in [0.2, 0.25) is 0 Å². The molecule has 1 aromatic carbocycles. The van der Waals surface area contributed by atoms with E-state index in [0.29, 0.717) is 0 Å². The fraction of sp³-hybridized carbons (Fsp3) is 0.600. The quantitative estimate of drug-likeness (QED) is 0.741. The van der Waals surface area contributed by atoms with Crippen LogP contribution in [-0.2, 0) is 12.0 Å². The first-order valence-electron chi connectivity index (χ1n) is 6.35. The van der Waals surface area contributed by atoms with Crippen LogP contribution in [0.5, 0.6) is 0 Å². The highest BCUT2D eigenvalue weighted by molar-refractivity contribution is 5.32. The van der Waals surface area contributed by atoms with Gasteiger partial charge in [-0.2, -0.15) is 0 Å². The highest BCUT2D eigenvalue weighted by atomic mass is 14.8. The van der Waals surface area contributed by atoms with Gasteiger partial charge in [-0.05, 0) is 29.5 Å². The molecule has 1 rings (SSSR count). The summed E-state index contributed by atoms with van der Waals surface area (Å²) in [7, 11) is 0. The average molecular weight is 219 g/mol. The Labute approximate surface area is 100 Å². The summed E-state index contributed by atoms with van der Waals surface area (Å²) in [5, 5.41) is 3.52. The lowest BCUT2D eigenvalue weighted by molar-refractivity contribution is 0.570. The lowest BCUT2D eigenvalue weighted by atomic mass is 9.84. The molecule has 0 aliphatic heterocycles. The molecule has 16 heavy (non-hydrogen) atoms. The predicted octanol–water partition coefficient (Wildman–Crippen LogP) is 3.87. The summed E-state index contributed by atoms with van der Waals surface area (Å²) in [6, 6.07) is 8.75. The summed E-state index contributed by atoms with van der Waals surface area (Å²) in [6.07, 6.45) is 2.52. The lowest BCUT2D eigenvalue weighted by Crippen LogP contribution is -2.20. The smallest absolute Gasteiger partial charge is 0.0208 e. The van der Waals surface area contributed by atoms with Gasteiger partial charge in [0.1, 0.15) is 0 Å². The van der Waals surface area contributed by atoms with Crippen LogP contribution in [0.3, 0.4) is 0 Å².